The van der Waals surface area contributed by atoms with E-state index in [0.29, 0.717) is 25.7 Å². The summed E-state index contributed by atoms with van der Waals surface area (Å²) in [5.41, 5.74) is -0.386. The van der Waals surface area contributed by atoms with Gasteiger partial charge in [-0.15, -0.1) is 0 Å². The normalized spacial score (nSPS) is 31.8. The van der Waals surface area contributed by atoms with Crippen molar-refractivity contribution in [2.45, 2.75) is 25.7 Å². The molecule has 0 aliphatic heterocycles. The summed E-state index contributed by atoms with van der Waals surface area (Å²) in [6.45, 7) is 0. The molecule has 2 aliphatic rings. The Morgan fingerprint density at radius 2 is 1.92 bits per heavy atom. The summed E-state index contributed by atoms with van der Waals surface area (Å²) >= 11 is 0. The van der Waals surface area contributed by atoms with Crippen LogP contribution in [0.15, 0.2) is 0 Å². The maximum absolute atomic E-state index is 11.2. The van der Waals surface area contributed by atoms with Gasteiger partial charge >= 0.3 is 0 Å². The van der Waals surface area contributed by atoms with Crippen LogP contribution in [0.25, 0.3) is 0 Å². The van der Waals surface area contributed by atoms with Gasteiger partial charge in [-0.05, 0) is 12.8 Å². The van der Waals surface area contributed by atoms with E-state index in [0.717, 1.165) is 0 Å². The first-order chi connectivity index (χ1) is 5.70. The van der Waals surface area contributed by atoms with Gasteiger partial charge in [-0.2, -0.15) is 5.26 Å². The van der Waals surface area contributed by atoms with Gasteiger partial charge in [0, 0.05) is 12.8 Å². The van der Waals surface area contributed by atoms with E-state index in [-0.39, 0.29) is 17.0 Å². The van der Waals surface area contributed by atoms with E-state index in [1.54, 1.807) is 0 Å². The van der Waals surface area contributed by atoms with Crippen LogP contribution in [0.5, 0.6) is 0 Å². The number of hydrogen-bond donors (Lipinski definition) is 0. The molecule has 3 nitrogen and oxygen atoms in total. The van der Waals surface area contributed by atoms with Crippen molar-refractivity contribution in [2.75, 3.05) is 0 Å². The van der Waals surface area contributed by atoms with Crippen molar-refractivity contribution >= 4 is 11.6 Å². The minimum atomic E-state index is -0.398. The standard InChI is InChI=1S/C9H9NO2/c10-5-7-8(12)9(7)3-1-6(11)2-4-9/h7H,1-4H2. The average molecular weight is 163 g/mol. The SMILES string of the molecule is N#CC1C(=O)C12CCC(=O)CC2. The molecule has 1 unspecified atom stereocenters. The van der Waals surface area contributed by atoms with Crippen LogP contribution in [0.4, 0.5) is 0 Å². The first kappa shape index (κ1) is 7.48. The maximum Gasteiger partial charge on any atom is 0.158 e. The fourth-order valence-corrected chi connectivity index (χ4v) is 2.08. The Morgan fingerprint density at radius 3 is 2.33 bits per heavy atom. The highest BCUT2D eigenvalue weighted by Gasteiger charge is 2.65. The van der Waals surface area contributed by atoms with Gasteiger partial charge < -0.3 is 0 Å². The molecule has 0 amide bonds. The van der Waals surface area contributed by atoms with E-state index in [1.807, 2.05) is 6.07 Å². The highest BCUT2D eigenvalue weighted by molar-refractivity contribution is 6.07. The molecule has 0 bridgehead atoms. The topological polar surface area (TPSA) is 57.9 Å². The number of Topliss-reactive ketones (excluding diaryl/α,β-unsaturated/α-hetero) is 2. The summed E-state index contributed by atoms with van der Waals surface area (Å²) in [6, 6.07) is 2.00. The molecule has 0 aromatic heterocycles. The van der Waals surface area contributed by atoms with Gasteiger partial charge in [-0.3, -0.25) is 9.59 Å². The summed E-state index contributed by atoms with van der Waals surface area (Å²) in [7, 11) is 0. The molecule has 1 spiro atoms. The molecule has 0 N–H and O–H groups in total. The lowest BCUT2D eigenvalue weighted by Gasteiger charge is -2.17. The zero-order chi connectivity index (χ0) is 8.77. The fourth-order valence-electron chi connectivity index (χ4n) is 2.08. The van der Waals surface area contributed by atoms with E-state index in [1.165, 1.54) is 0 Å². The largest absolute Gasteiger partial charge is 0.300 e. The number of ketones is 2. The second-order valence-corrected chi connectivity index (χ2v) is 3.62. The smallest absolute Gasteiger partial charge is 0.158 e. The lowest BCUT2D eigenvalue weighted by atomic mass is 9.84. The molecule has 0 saturated heterocycles. The molecule has 2 saturated carbocycles. The van der Waals surface area contributed by atoms with Gasteiger partial charge in [0.2, 0.25) is 0 Å². The van der Waals surface area contributed by atoms with Crippen LogP contribution in [0.3, 0.4) is 0 Å². The van der Waals surface area contributed by atoms with E-state index in [4.69, 9.17) is 5.26 Å². The number of nitrogens with zero attached hydrogens (tertiary/aromatic N) is 1. The molecule has 1 atom stereocenters. The third kappa shape index (κ3) is 0.752. The molecule has 62 valence electrons. The number of nitriles is 1. The summed E-state index contributed by atoms with van der Waals surface area (Å²) in [5.74, 6) is -0.0971. The number of rotatable bonds is 0. The molecule has 3 heteroatoms. The van der Waals surface area contributed by atoms with E-state index in [9.17, 15) is 9.59 Å². The zero-order valence-corrected chi connectivity index (χ0v) is 6.67. The van der Waals surface area contributed by atoms with Gasteiger partial charge in [-0.25, -0.2) is 0 Å². The van der Waals surface area contributed by atoms with Gasteiger partial charge in [0.05, 0.1) is 11.5 Å². The lowest BCUT2D eigenvalue weighted by molar-refractivity contribution is -0.122. The minimum Gasteiger partial charge on any atom is -0.300 e. The van der Waals surface area contributed by atoms with Crippen molar-refractivity contribution in [1.82, 2.24) is 0 Å². The first-order valence-corrected chi connectivity index (χ1v) is 4.16. The number of carbonyl (C=O) groups is 2. The van der Waals surface area contributed by atoms with Crippen molar-refractivity contribution in [3.8, 4) is 6.07 Å². The Morgan fingerprint density at radius 1 is 1.33 bits per heavy atom. The summed E-state index contributed by atoms with van der Waals surface area (Å²) < 4.78 is 0. The zero-order valence-electron chi connectivity index (χ0n) is 6.67. The molecule has 0 aromatic rings. The molecule has 2 rings (SSSR count). The summed E-state index contributed by atoms with van der Waals surface area (Å²) in [4.78, 5) is 22.1. The second kappa shape index (κ2) is 2.16. The van der Waals surface area contributed by atoms with Crippen LogP contribution >= 0.6 is 0 Å². The molecular weight excluding hydrogens is 154 g/mol. The molecule has 0 aromatic carbocycles. The van der Waals surface area contributed by atoms with E-state index >= 15 is 0 Å². The Labute approximate surface area is 70.4 Å². The predicted octanol–water partition coefficient (Wildman–Crippen LogP) is 0.838. The van der Waals surface area contributed by atoms with Crippen molar-refractivity contribution in [1.29, 1.82) is 5.26 Å². The third-order valence-electron chi connectivity index (χ3n) is 3.05. The Kier molecular flexibility index (Phi) is 1.35. The van der Waals surface area contributed by atoms with Crippen molar-refractivity contribution in [3.63, 3.8) is 0 Å². The maximum atomic E-state index is 11.2. The second-order valence-electron chi connectivity index (χ2n) is 3.62. The van der Waals surface area contributed by atoms with Crippen LogP contribution in [0.2, 0.25) is 0 Å². The lowest BCUT2D eigenvalue weighted by Crippen LogP contribution is -2.17. The van der Waals surface area contributed by atoms with Crippen LogP contribution in [-0.4, -0.2) is 11.6 Å². The van der Waals surface area contributed by atoms with E-state index in [2.05, 4.69) is 0 Å². The predicted molar refractivity (Wildman–Crippen MR) is 40.0 cm³/mol. The van der Waals surface area contributed by atoms with E-state index < -0.39 is 5.92 Å². The third-order valence-corrected chi connectivity index (χ3v) is 3.05. The van der Waals surface area contributed by atoms with Crippen molar-refractivity contribution in [3.05, 3.63) is 0 Å². The first-order valence-electron chi connectivity index (χ1n) is 4.16. The Bertz CT molecular complexity index is 290. The van der Waals surface area contributed by atoms with Crippen LogP contribution < -0.4 is 0 Å². The average Bonchev–Trinajstić information content (AvgIpc) is 2.63. The molecule has 2 aliphatic carbocycles. The Balaban J connectivity index is 2.13. The summed E-state index contributed by atoms with van der Waals surface area (Å²) in [5, 5.41) is 8.60. The Hall–Kier alpha value is -1.17. The number of hydrogen-bond acceptors (Lipinski definition) is 3. The molecule has 0 radical (unpaired) electrons. The number of carbonyl (C=O) groups excluding carboxylic acids is 2. The molecule has 0 heterocycles. The molecule has 12 heavy (non-hydrogen) atoms. The van der Waals surface area contributed by atoms with Crippen molar-refractivity contribution < 1.29 is 9.59 Å². The van der Waals surface area contributed by atoms with Gasteiger partial charge in [0.25, 0.3) is 0 Å². The highest BCUT2D eigenvalue weighted by Crippen LogP contribution is 2.56. The van der Waals surface area contributed by atoms with Gasteiger partial charge in [0.15, 0.2) is 5.78 Å². The summed E-state index contributed by atoms with van der Waals surface area (Å²) in [6.07, 6.45) is 2.21. The molecular formula is C9H9NO2. The van der Waals surface area contributed by atoms with Crippen LogP contribution in [0, 0.1) is 22.7 Å². The fraction of sp³-hybridized carbons (Fsp3) is 0.667. The van der Waals surface area contributed by atoms with Gasteiger partial charge in [-0.1, -0.05) is 0 Å². The monoisotopic (exact) mass is 163 g/mol. The molecule has 2 fully saturated rings. The van der Waals surface area contributed by atoms with Crippen molar-refractivity contribution in [2.24, 2.45) is 11.3 Å². The quantitative estimate of drug-likeness (QED) is 0.531. The van der Waals surface area contributed by atoms with Crippen LogP contribution in [-0.2, 0) is 9.59 Å². The highest BCUT2D eigenvalue weighted by atomic mass is 16.1. The van der Waals surface area contributed by atoms with Gasteiger partial charge in [0.1, 0.15) is 11.7 Å². The minimum absolute atomic E-state index is 0.0671. The van der Waals surface area contributed by atoms with Crippen LogP contribution in [0.1, 0.15) is 25.7 Å².